The average Bonchev–Trinajstić information content (AvgIpc) is 3.18. The number of nitrogens with zero attached hydrogens (tertiary/aromatic N) is 2. The summed E-state index contributed by atoms with van der Waals surface area (Å²) in [6, 6.07) is 9.18. The third kappa shape index (κ3) is 3.17. The maximum Gasteiger partial charge on any atom is 0.265 e. The molecule has 22 heavy (non-hydrogen) atoms. The zero-order valence-electron chi connectivity index (χ0n) is 12.1. The number of hydrogen-bond acceptors (Lipinski definition) is 4. The van der Waals surface area contributed by atoms with Gasteiger partial charge in [0.1, 0.15) is 4.88 Å². The Morgan fingerprint density at radius 3 is 2.95 bits per heavy atom. The Morgan fingerprint density at radius 2 is 2.23 bits per heavy atom. The number of carbonyl (C=O) groups excluding carboxylic acids is 2. The summed E-state index contributed by atoms with van der Waals surface area (Å²) >= 11 is 1.24. The molecule has 0 spiro atoms. The molecule has 0 saturated carbocycles. The van der Waals surface area contributed by atoms with Crippen molar-refractivity contribution in [2.45, 2.75) is 12.8 Å². The summed E-state index contributed by atoms with van der Waals surface area (Å²) in [5, 5.41) is 0. The summed E-state index contributed by atoms with van der Waals surface area (Å²) in [4.78, 5) is 26.1. The second-order valence-electron chi connectivity index (χ2n) is 5.55. The Morgan fingerprint density at radius 1 is 1.36 bits per heavy atom. The molecule has 5 nitrogen and oxygen atoms in total. The first-order chi connectivity index (χ1) is 10.6. The fourth-order valence-electron chi connectivity index (χ4n) is 2.85. The maximum absolute atomic E-state index is 12.3. The SMILES string of the molecule is NC(=O)c1cccc(C[C@@H]2CCN(C(=O)c3ccns3)C2)c1. The quantitative estimate of drug-likeness (QED) is 0.937. The lowest BCUT2D eigenvalue weighted by atomic mass is 9.97. The highest BCUT2D eigenvalue weighted by Crippen LogP contribution is 2.23. The number of benzene rings is 1. The highest BCUT2D eigenvalue weighted by molar-refractivity contribution is 7.08. The van der Waals surface area contributed by atoms with Crippen LogP contribution in [0.4, 0.5) is 0 Å². The fourth-order valence-corrected chi connectivity index (χ4v) is 3.41. The Hall–Kier alpha value is -2.21. The minimum absolute atomic E-state index is 0.0656. The molecule has 1 fully saturated rings. The molecule has 0 unspecified atom stereocenters. The van der Waals surface area contributed by atoms with Crippen LogP contribution in [0, 0.1) is 5.92 Å². The van der Waals surface area contributed by atoms with Gasteiger partial charge in [-0.25, -0.2) is 4.37 Å². The maximum atomic E-state index is 12.3. The topological polar surface area (TPSA) is 76.3 Å². The zero-order chi connectivity index (χ0) is 15.5. The number of aromatic nitrogens is 1. The molecule has 0 bridgehead atoms. The molecule has 114 valence electrons. The molecule has 1 aliphatic rings. The van der Waals surface area contributed by atoms with Gasteiger partial charge in [0.2, 0.25) is 5.91 Å². The third-order valence-electron chi connectivity index (χ3n) is 3.96. The van der Waals surface area contributed by atoms with Gasteiger partial charge >= 0.3 is 0 Å². The Labute approximate surface area is 132 Å². The van der Waals surface area contributed by atoms with Gasteiger partial charge in [0.25, 0.3) is 5.91 Å². The minimum atomic E-state index is -0.407. The summed E-state index contributed by atoms with van der Waals surface area (Å²) in [5.74, 6) is 0.0751. The standard InChI is InChI=1S/C16H17N3O2S/c17-15(20)13-3-1-2-11(9-13)8-12-5-7-19(10-12)16(21)14-4-6-18-22-14/h1-4,6,9,12H,5,7-8,10H2,(H2,17,20)/t12-/m0/s1. The summed E-state index contributed by atoms with van der Waals surface area (Å²) in [7, 11) is 0. The summed E-state index contributed by atoms with van der Waals surface area (Å²) in [6.45, 7) is 1.52. The van der Waals surface area contributed by atoms with Gasteiger partial charge in [0.15, 0.2) is 0 Å². The molecule has 2 aromatic rings. The number of rotatable bonds is 4. The van der Waals surface area contributed by atoms with E-state index < -0.39 is 5.91 Å². The molecular weight excluding hydrogens is 298 g/mol. The average molecular weight is 315 g/mol. The predicted molar refractivity (Wildman–Crippen MR) is 84.8 cm³/mol. The van der Waals surface area contributed by atoms with Gasteiger partial charge in [-0.15, -0.1) is 0 Å². The van der Waals surface area contributed by atoms with Crippen molar-refractivity contribution in [2.75, 3.05) is 13.1 Å². The first-order valence-corrected chi connectivity index (χ1v) is 7.99. The molecule has 1 aliphatic heterocycles. The third-order valence-corrected chi connectivity index (χ3v) is 4.69. The molecule has 0 aliphatic carbocycles. The number of likely N-dealkylation sites (tertiary alicyclic amines) is 1. The first-order valence-electron chi connectivity index (χ1n) is 7.22. The van der Waals surface area contributed by atoms with Crippen molar-refractivity contribution in [2.24, 2.45) is 11.7 Å². The highest BCUT2D eigenvalue weighted by Gasteiger charge is 2.27. The summed E-state index contributed by atoms with van der Waals surface area (Å²) < 4.78 is 3.98. The second kappa shape index (κ2) is 6.27. The van der Waals surface area contributed by atoms with E-state index in [4.69, 9.17) is 5.73 Å². The van der Waals surface area contributed by atoms with Crippen LogP contribution >= 0.6 is 11.5 Å². The van der Waals surface area contributed by atoms with Crippen molar-refractivity contribution in [3.8, 4) is 0 Å². The van der Waals surface area contributed by atoms with Crippen LogP contribution in [0.3, 0.4) is 0 Å². The van der Waals surface area contributed by atoms with Gasteiger partial charge in [0.05, 0.1) is 0 Å². The molecule has 1 saturated heterocycles. The van der Waals surface area contributed by atoms with E-state index in [0.29, 0.717) is 16.4 Å². The van der Waals surface area contributed by atoms with Crippen LogP contribution in [0.1, 0.15) is 32.0 Å². The van der Waals surface area contributed by atoms with Crippen LogP contribution < -0.4 is 5.73 Å². The van der Waals surface area contributed by atoms with Crippen molar-refractivity contribution >= 4 is 23.3 Å². The first kappa shape index (κ1) is 14.7. The lowest BCUT2D eigenvalue weighted by molar-refractivity contribution is 0.0791. The lowest BCUT2D eigenvalue weighted by Crippen LogP contribution is -2.28. The van der Waals surface area contributed by atoms with Gasteiger partial charge in [-0.05, 0) is 54.1 Å². The molecule has 1 atom stereocenters. The van der Waals surface area contributed by atoms with Gasteiger partial charge in [0, 0.05) is 24.8 Å². The molecule has 3 rings (SSSR count). The smallest absolute Gasteiger partial charge is 0.265 e. The molecule has 2 amide bonds. The number of hydrogen-bond donors (Lipinski definition) is 1. The Balaban J connectivity index is 1.62. The van der Waals surface area contributed by atoms with Crippen molar-refractivity contribution < 1.29 is 9.59 Å². The van der Waals surface area contributed by atoms with Crippen LogP contribution in [0.2, 0.25) is 0 Å². The molecule has 1 aromatic carbocycles. The van der Waals surface area contributed by atoms with E-state index in [1.54, 1.807) is 18.3 Å². The Bertz CT molecular complexity index is 684. The summed E-state index contributed by atoms with van der Waals surface area (Å²) in [6.07, 6.45) is 3.49. The van der Waals surface area contributed by atoms with E-state index in [2.05, 4.69) is 4.37 Å². The molecule has 2 N–H and O–H groups in total. The van der Waals surface area contributed by atoms with E-state index in [1.807, 2.05) is 23.1 Å². The van der Waals surface area contributed by atoms with E-state index >= 15 is 0 Å². The van der Waals surface area contributed by atoms with Crippen molar-refractivity contribution in [3.63, 3.8) is 0 Å². The van der Waals surface area contributed by atoms with Gasteiger partial charge in [-0.1, -0.05) is 12.1 Å². The van der Waals surface area contributed by atoms with Crippen LogP contribution in [0.25, 0.3) is 0 Å². The van der Waals surface area contributed by atoms with Crippen LogP contribution in [-0.2, 0) is 6.42 Å². The van der Waals surface area contributed by atoms with E-state index in [9.17, 15) is 9.59 Å². The largest absolute Gasteiger partial charge is 0.366 e. The van der Waals surface area contributed by atoms with Crippen molar-refractivity contribution in [3.05, 3.63) is 52.5 Å². The van der Waals surface area contributed by atoms with Crippen LogP contribution in [-0.4, -0.2) is 34.2 Å². The van der Waals surface area contributed by atoms with E-state index in [1.165, 1.54) is 11.5 Å². The molecule has 6 heteroatoms. The lowest BCUT2D eigenvalue weighted by Gasteiger charge is -2.15. The van der Waals surface area contributed by atoms with Crippen molar-refractivity contribution in [1.29, 1.82) is 0 Å². The van der Waals surface area contributed by atoms with Crippen LogP contribution in [0.5, 0.6) is 0 Å². The number of nitrogens with two attached hydrogens (primary N) is 1. The minimum Gasteiger partial charge on any atom is -0.366 e. The molecular formula is C16H17N3O2S. The Kier molecular flexibility index (Phi) is 4.20. The van der Waals surface area contributed by atoms with Crippen LogP contribution in [0.15, 0.2) is 36.5 Å². The van der Waals surface area contributed by atoms with Gasteiger partial charge < -0.3 is 10.6 Å². The van der Waals surface area contributed by atoms with Gasteiger partial charge in [-0.2, -0.15) is 0 Å². The van der Waals surface area contributed by atoms with E-state index in [0.717, 1.165) is 31.5 Å². The van der Waals surface area contributed by atoms with Crippen molar-refractivity contribution in [1.82, 2.24) is 9.27 Å². The fraction of sp³-hybridized carbons (Fsp3) is 0.312. The second-order valence-corrected chi connectivity index (χ2v) is 6.38. The molecule has 1 aromatic heterocycles. The number of primary amides is 1. The monoisotopic (exact) mass is 315 g/mol. The normalized spacial score (nSPS) is 17.6. The van der Waals surface area contributed by atoms with Gasteiger partial charge in [-0.3, -0.25) is 9.59 Å². The summed E-state index contributed by atoms with van der Waals surface area (Å²) in [5.41, 5.74) is 6.94. The van der Waals surface area contributed by atoms with E-state index in [-0.39, 0.29) is 5.91 Å². The zero-order valence-corrected chi connectivity index (χ0v) is 12.9. The molecule has 0 radical (unpaired) electrons. The number of carbonyl (C=O) groups is 2. The number of amides is 2. The highest BCUT2D eigenvalue weighted by atomic mass is 32.1. The molecule has 2 heterocycles. The predicted octanol–water partition coefficient (Wildman–Crippen LogP) is 1.95.